The topological polar surface area (TPSA) is 48.8 Å². The normalized spacial score (nSPS) is 8.92. The number of benzene rings is 1. The highest BCUT2D eigenvalue weighted by atomic mass is 15.1. The minimum Gasteiger partial charge on any atom is -0.0985 e. The molecule has 1 aromatic carbocycles. The SMILES string of the molecule is C=Cc1ccccc1CCN=[N+]=[N-]. The number of nitrogens with zero attached hydrogens (tertiary/aromatic N) is 3. The summed E-state index contributed by atoms with van der Waals surface area (Å²) >= 11 is 0. The second kappa shape index (κ2) is 5.01. The molecule has 0 saturated heterocycles. The highest BCUT2D eigenvalue weighted by Crippen LogP contribution is 2.10. The quantitative estimate of drug-likeness (QED) is 0.381. The Kier molecular flexibility index (Phi) is 3.61. The fourth-order valence-corrected chi connectivity index (χ4v) is 1.18. The van der Waals surface area contributed by atoms with Crippen molar-refractivity contribution in [2.24, 2.45) is 5.11 Å². The molecular weight excluding hydrogens is 162 g/mol. The van der Waals surface area contributed by atoms with Crippen molar-refractivity contribution in [3.8, 4) is 0 Å². The molecule has 0 aromatic heterocycles. The fraction of sp³-hybridized carbons (Fsp3) is 0.200. The van der Waals surface area contributed by atoms with Crippen LogP contribution in [0.25, 0.3) is 16.5 Å². The van der Waals surface area contributed by atoms with E-state index in [0.717, 1.165) is 12.0 Å². The van der Waals surface area contributed by atoms with E-state index in [4.69, 9.17) is 5.53 Å². The Morgan fingerprint density at radius 2 is 2.23 bits per heavy atom. The highest BCUT2D eigenvalue weighted by Gasteiger charge is 1.95. The Morgan fingerprint density at radius 3 is 2.92 bits per heavy atom. The maximum absolute atomic E-state index is 8.11. The first-order chi connectivity index (χ1) is 6.38. The first kappa shape index (κ1) is 9.36. The summed E-state index contributed by atoms with van der Waals surface area (Å²) in [5.74, 6) is 0. The van der Waals surface area contributed by atoms with Gasteiger partial charge in [-0.1, -0.05) is 42.0 Å². The predicted molar refractivity (Wildman–Crippen MR) is 54.3 cm³/mol. The minimum atomic E-state index is 0.501. The largest absolute Gasteiger partial charge is 0.0985 e. The summed E-state index contributed by atoms with van der Waals surface area (Å²) in [4.78, 5) is 2.71. The first-order valence-corrected chi connectivity index (χ1v) is 4.09. The van der Waals surface area contributed by atoms with Gasteiger partial charge in [0.05, 0.1) is 0 Å². The zero-order chi connectivity index (χ0) is 9.52. The van der Waals surface area contributed by atoms with E-state index in [2.05, 4.69) is 16.6 Å². The maximum atomic E-state index is 8.11. The molecule has 0 aliphatic carbocycles. The van der Waals surface area contributed by atoms with Crippen LogP contribution < -0.4 is 0 Å². The van der Waals surface area contributed by atoms with E-state index in [1.807, 2.05) is 30.3 Å². The average molecular weight is 173 g/mol. The van der Waals surface area contributed by atoms with Crippen LogP contribution in [0.3, 0.4) is 0 Å². The third-order valence-corrected chi connectivity index (χ3v) is 1.82. The summed E-state index contributed by atoms with van der Waals surface area (Å²) in [6, 6.07) is 7.95. The highest BCUT2D eigenvalue weighted by molar-refractivity contribution is 5.51. The van der Waals surface area contributed by atoms with E-state index in [1.54, 1.807) is 0 Å². The van der Waals surface area contributed by atoms with Crippen molar-refractivity contribution in [3.05, 3.63) is 52.4 Å². The molecule has 0 aliphatic rings. The molecule has 0 fully saturated rings. The molecule has 0 bridgehead atoms. The molecule has 0 saturated carbocycles. The Balaban J connectivity index is 2.74. The van der Waals surface area contributed by atoms with Crippen molar-refractivity contribution in [2.75, 3.05) is 6.54 Å². The zero-order valence-corrected chi connectivity index (χ0v) is 7.35. The number of rotatable bonds is 4. The van der Waals surface area contributed by atoms with Gasteiger partial charge in [-0.3, -0.25) is 0 Å². The van der Waals surface area contributed by atoms with Crippen LogP contribution in [0.1, 0.15) is 11.1 Å². The van der Waals surface area contributed by atoms with Gasteiger partial charge in [-0.2, -0.15) is 0 Å². The van der Waals surface area contributed by atoms with Crippen molar-refractivity contribution >= 4 is 6.08 Å². The lowest BCUT2D eigenvalue weighted by atomic mass is 10.1. The third kappa shape index (κ3) is 2.65. The van der Waals surface area contributed by atoms with Crippen molar-refractivity contribution in [2.45, 2.75) is 6.42 Å². The summed E-state index contributed by atoms with van der Waals surface area (Å²) in [6.07, 6.45) is 2.58. The molecule has 0 amide bonds. The van der Waals surface area contributed by atoms with Gasteiger partial charge in [0.25, 0.3) is 0 Å². The van der Waals surface area contributed by atoms with Gasteiger partial charge in [-0.15, -0.1) is 0 Å². The second-order valence-electron chi connectivity index (χ2n) is 2.61. The van der Waals surface area contributed by atoms with E-state index in [1.165, 1.54) is 5.56 Å². The van der Waals surface area contributed by atoms with Crippen LogP contribution in [0.5, 0.6) is 0 Å². The Bertz CT molecular complexity index is 338. The molecule has 0 atom stereocenters. The van der Waals surface area contributed by atoms with Crippen LogP contribution >= 0.6 is 0 Å². The number of hydrogen-bond donors (Lipinski definition) is 0. The smallest absolute Gasteiger partial charge is 0.0298 e. The Morgan fingerprint density at radius 1 is 1.46 bits per heavy atom. The molecule has 0 heterocycles. The lowest BCUT2D eigenvalue weighted by Gasteiger charge is -2.02. The van der Waals surface area contributed by atoms with Gasteiger partial charge in [0, 0.05) is 11.5 Å². The molecule has 13 heavy (non-hydrogen) atoms. The number of hydrogen-bond acceptors (Lipinski definition) is 1. The Labute approximate surface area is 77.3 Å². The van der Waals surface area contributed by atoms with Gasteiger partial charge in [-0.05, 0) is 23.1 Å². The second-order valence-corrected chi connectivity index (χ2v) is 2.61. The lowest BCUT2D eigenvalue weighted by molar-refractivity contribution is 0.954. The van der Waals surface area contributed by atoms with Gasteiger partial charge in [-0.25, -0.2) is 0 Å². The maximum Gasteiger partial charge on any atom is 0.0298 e. The molecule has 3 heteroatoms. The van der Waals surface area contributed by atoms with Crippen LogP contribution in [0.2, 0.25) is 0 Å². The third-order valence-electron chi connectivity index (χ3n) is 1.82. The average Bonchev–Trinajstić information content (AvgIpc) is 2.19. The number of azide groups is 1. The van der Waals surface area contributed by atoms with E-state index in [9.17, 15) is 0 Å². The zero-order valence-electron chi connectivity index (χ0n) is 7.35. The van der Waals surface area contributed by atoms with Crippen molar-refractivity contribution in [1.29, 1.82) is 0 Å². The van der Waals surface area contributed by atoms with Gasteiger partial charge in [0.1, 0.15) is 0 Å². The van der Waals surface area contributed by atoms with Crippen LogP contribution in [0, 0.1) is 0 Å². The summed E-state index contributed by atoms with van der Waals surface area (Å²) in [6.45, 7) is 4.22. The molecule has 0 aliphatic heterocycles. The van der Waals surface area contributed by atoms with Crippen molar-refractivity contribution < 1.29 is 0 Å². The van der Waals surface area contributed by atoms with Gasteiger partial charge in [0.15, 0.2) is 0 Å². The molecule has 0 radical (unpaired) electrons. The molecule has 66 valence electrons. The fourth-order valence-electron chi connectivity index (χ4n) is 1.18. The summed E-state index contributed by atoms with van der Waals surface area (Å²) in [5.41, 5.74) is 10.4. The summed E-state index contributed by atoms with van der Waals surface area (Å²) in [5, 5.41) is 3.49. The molecule has 0 N–H and O–H groups in total. The molecule has 3 nitrogen and oxygen atoms in total. The van der Waals surface area contributed by atoms with E-state index >= 15 is 0 Å². The van der Waals surface area contributed by atoms with Gasteiger partial charge in [0.2, 0.25) is 0 Å². The van der Waals surface area contributed by atoms with Crippen molar-refractivity contribution in [1.82, 2.24) is 0 Å². The first-order valence-electron chi connectivity index (χ1n) is 4.09. The lowest BCUT2D eigenvalue weighted by Crippen LogP contribution is -1.91. The standard InChI is InChI=1S/C10H11N3/c1-2-9-5-3-4-6-10(9)7-8-12-13-11/h2-6H,1,7-8H2. The predicted octanol–water partition coefficient (Wildman–Crippen LogP) is 3.18. The van der Waals surface area contributed by atoms with Crippen LogP contribution in [-0.4, -0.2) is 6.54 Å². The summed E-state index contributed by atoms with van der Waals surface area (Å²) < 4.78 is 0. The minimum absolute atomic E-state index is 0.501. The van der Waals surface area contributed by atoms with E-state index < -0.39 is 0 Å². The van der Waals surface area contributed by atoms with Gasteiger partial charge >= 0.3 is 0 Å². The molecule has 1 rings (SSSR count). The Hall–Kier alpha value is -1.73. The van der Waals surface area contributed by atoms with Gasteiger partial charge < -0.3 is 0 Å². The summed E-state index contributed by atoms with van der Waals surface area (Å²) in [7, 11) is 0. The molecule has 0 spiro atoms. The van der Waals surface area contributed by atoms with Crippen LogP contribution in [0.4, 0.5) is 0 Å². The van der Waals surface area contributed by atoms with Crippen molar-refractivity contribution in [3.63, 3.8) is 0 Å². The van der Waals surface area contributed by atoms with Crippen LogP contribution in [0.15, 0.2) is 36.0 Å². The molecule has 0 unspecified atom stereocenters. The molecular formula is C10H11N3. The monoisotopic (exact) mass is 173 g/mol. The van der Waals surface area contributed by atoms with E-state index in [0.29, 0.717) is 6.54 Å². The molecule has 1 aromatic rings. The van der Waals surface area contributed by atoms with Crippen LogP contribution in [-0.2, 0) is 6.42 Å². The van der Waals surface area contributed by atoms with E-state index in [-0.39, 0.29) is 0 Å².